The van der Waals surface area contributed by atoms with E-state index in [2.05, 4.69) is 15.3 Å². The summed E-state index contributed by atoms with van der Waals surface area (Å²) in [6.07, 6.45) is 4.01. The normalized spacial score (nSPS) is 17.1. The summed E-state index contributed by atoms with van der Waals surface area (Å²) in [4.78, 5) is 32.4. The first kappa shape index (κ1) is 14.8. The largest absolute Gasteiger partial charge is 0.480 e. The van der Waals surface area contributed by atoms with Gasteiger partial charge in [0, 0.05) is 18.0 Å². The molecule has 1 aliphatic heterocycles. The first-order valence-corrected chi connectivity index (χ1v) is 8.11. The number of rotatable bonds is 3. The second-order valence-electron chi connectivity index (χ2n) is 5.21. The summed E-state index contributed by atoms with van der Waals surface area (Å²) in [5.41, 5.74) is 0.534. The van der Waals surface area contributed by atoms with E-state index in [0.717, 1.165) is 11.5 Å². The van der Waals surface area contributed by atoms with Gasteiger partial charge in [-0.25, -0.2) is 4.79 Å². The molecule has 0 atom stereocenters. The van der Waals surface area contributed by atoms with E-state index in [1.165, 1.54) is 0 Å². The van der Waals surface area contributed by atoms with E-state index in [1.54, 1.807) is 42.4 Å². The van der Waals surface area contributed by atoms with Crippen molar-refractivity contribution in [2.75, 3.05) is 11.5 Å². The smallest absolute Gasteiger partial charge is 0.329 e. The van der Waals surface area contributed by atoms with Crippen molar-refractivity contribution < 1.29 is 14.7 Å². The Labute approximate surface area is 131 Å². The monoisotopic (exact) mass is 317 g/mol. The highest BCUT2D eigenvalue weighted by molar-refractivity contribution is 7.99. The van der Waals surface area contributed by atoms with Crippen LogP contribution in [0.25, 0.3) is 11.0 Å². The van der Waals surface area contributed by atoms with Crippen LogP contribution in [0.15, 0.2) is 30.6 Å². The zero-order valence-corrected chi connectivity index (χ0v) is 12.6. The molecule has 0 unspecified atom stereocenters. The van der Waals surface area contributed by atoms with Crippen LogP contribution in [0.4, 0.5) is 0 Å². The number of thioether (sulfide) groups is 1. The topological polar surface area (TPSA) is 92.2 Å². The zero-order valence-electron chi connectivity index (χ0n) is 11.8. The van der Waals surface area contributed by atoms with Gasteiger partial charge in [-0.3, -0.25) is 14.8 Å². The highest BCUT2D eigenvalue weighted by Crippen LogP contribution is 2.28. The molecule has 22 heavy (non-hydrogen) atoms. The van der Waals surface area contributed by atoms with Crippen molar-refractivity contribution in [3.05, 3.63) is 36.2 Å². The number of amides is 1. The lowest BCUT2D eigenvalue weighted by molar-refractivity contribution is -0.144. The van der Waals surface area contributed by atoms with Crippen molar-refractivity contribution in [1.82, 2.24) is 15.3 Å². The lowest BCUT2D eigenvalue weighted by Crippen LogP contribution is -2.56. The van der Waals surface area contributed by atoms with Crippen molar-refractivity contribution in [2.45, 2.75) is 18.4 Å². The Bertz CT molecular complexity index is 729. The second-order valence-corrected chi connectivity index (χ2v) is 6.44. The third-order valence-corrected chi connectivity index (χ3v) is 4.83. The van der Waals surface area contributed by atoms with E-state index in [1.807, 2.05) is 0 Å². The van der Waals surface area contributed by atoms with Gasteiger partial charge in [-0.1, -0.05) is 0 Å². The Hall–Kier alpha value is -2.15. The van der Waals surface area contributed by atoms with E-state index in [4.69, 9.17) is 0 Å². The molecule has 0 aliphatic carbocycles. The molecule has 0 spiro atoms. The Balaban J connectivity index is 1.86. The van der Waals surface area contributed by atoms with E-state index >= 15 is 0 Å². The van der Waals surface area contributed by atoms with Gasteiger partial charge in [0.05, 0.1) is 11.0 Å². The molecule has 114 valence electrons. The third-order valence-electron chi connectivity index (χ3n) is 3.84. The van der Waals surface area contributed by atoms with Crippen LogP contribution in [0.1, 0.15) is 23.2 Å². The van der Waals surface area contributed by atoms with Gasteiger partial charge in [0.15, 0.2) is 0 Å². The summed E-state index contributed by atoms with van der Waals surface area (Å²) >= 11 is 1.71. The fraction of sp³-hybridized carbons (Fsp3) is 0.333. The SMILES string of the molecule is O=C(NC1(C(=O)O)CCSCC1)c1ccc2nccnc2c1. The molecule has 2 aromatic rings. The summed E-state index contributed by atoms with van der Waals surface area (Å²) < 4.78 is 0. The number of hydrogen-bond acceptors (Lipinski definition) is 5. The molecular weight excluding hydrogens is 302 g/mol. The number of carbonyl (C=O) groups is 2. The van der Waals surface area contributed by atoms with Gasteiger partial charge in [-0.2, -0.15) is 11.8 Å². The lowest BCUT2D eigenvalue weighted by atomic mass is 9.92. The van der Waals surface area contributed by atoms with Crippen LogP contribution >= 0.6 is 11.8 Å². The van der Waals surface area contributed by atoms with Crippen LogP contribution in [0.5, 0.6) is 0 Å². The van der Waals surface area contributed by atoms with Crippen molar-refractivity contribution in [2.24, 2.45) is 0 Å². The summed E-state index contributed by atoms with van der Waals surface area (Å²) in [5.74, 6) is 0.106. The van der Waals surface area contributed by atoms with Crippen LogP contribution in [-0.4, -0.2) is 44.0 Å². The van der Waals surface area contributed by atoms with Crippen molar-refractivity contribution in [3.8, 4) is 0 Å². The molecule has 1 aliphatic rings. The van der Waals surface area contributed by atoms with Gasteiger partial charge in [0.25, 0.3) is 5.91 Å². The van der Waals surface area contributed by atoms with Crippen LogP contribution in [0.3, 0.4) is 0 Å². The number of benzene rings is 1. The molecule has 1 aromatic carbocycles. The van der Waals surface area contributed by atoms with Gasteiger partial charge in [-0.15, -0.1) is 0 Å². The maximum absolute atomic E-state index is 12.4. The van der Waals surface area contributed by atoms with Gasteiger partial charge in [-0.05, 0) is 42.5 Å². The average molecular weight is 317 g/mol. The number of nitrogens with zero attached hydrogens (tertiary/aromatic N) is 2. The molecule has 2 N–H and O–H groups in total. The minimum absolute atomic E-state index is 0.387. The maximum atomic E-state index is 12.4. The van der Waals surface area contributed by atoms with E-state index < -0.39 is 11.5 Å². The molecule has 6 nitrogen and oxygen atoms in total. The highest BCUT2D eigenvalue weighted by Gasteiger charge is 2.41. The summed E-state index contributed by atoms with van der Waals surface area (Å²) in [7, 11) is 0. The zero-order chi connectivity index (χ0) is 15.6. The summed E-state index contributed by atoms with van der Waals surface area (Å²) in [6, 6.07) is 4.98. The predicted octanol–water partition coefficient (Wildman–Crippen LogP) is 1.71. The van der Waals surface area contributed by atoms with Gasteiger partial charge in [0.2, 0.25) is 0 Å². The molecule has 0 bridgehead atoms. The molecule has 3 rings (SSSR count). The number of aliphatic carboxylic acids is 1. The number of aromatic nitrogens is 2. The van der Waals surface area contributed by atoms with Crippen LogP contribution in [0, 0.1) is 0 Å². The van der Waals surface area contributed by atoms with Crippen molar-refractivity contribution in [3.63, 3.8) is 0 Å². The van der Waals surface area contributed by atoms with Gasteiger partial charge in [0.1, 0.15) is 5.54 Å². The van der Waals surface area contributed by atoms with Crippen LogP contribution in [0.2, 0.25) is 0 Å². The number of carboxylic acid groups (broad SMARTS) is 1. The van der Waals surface area contributed by atoms with Crippen LogP contribution in [-0.2, 0) is 4.79 Å². The minimum Gasteiger partial charge on any atom is -0.480 e. The van der Waals surface area contributed by atoms with E-state index in [-0.39, 0.29) is 5.91 Å². The number of carbonyl (C=O) groups excluding carboxylic acids is 1. The molecular formula is C15H15N3O3S. The Morgan fingerprint density at radius 3 is 2.50 bits per heavy atom. The molecule has 2 heterocycles. The molecule has 0 saturated carbocycles. The third kappa shape index (κ3) is 2.76. The second kappa shape index (κ2) is 5.92. The highest BCUT2D eigenvalue weighted by atomic mass is 32.2. The average Bonchev–Trinajstić information content (AvgIpc) is 2.55. The van der Waals surface area contributed by atoms with Gasteiger partial charge < -0.3 is 10.4 Å². The molecule has 0 radical (unpaired) electrons. The Morgan fingerprint density at radius 1 is 1.14 bits per heavy atom. The molecule has 1 saturated heterocycles. The number of nitrogens with one attached hydrogen (secondary N) is 1. The molecule has 7 heteroatoms. The van der Waals surface area contributed by atoms with Crippen molar-refractivity contribution in [1.29, 1.82) is 0 Å². The Morgan fingerprint density at radius 2 is 1.82 bits per heavy atom. The predicted molar refractivity (Wildman–Crippen MR) is 83.9 cm³/mol. The summed E-state index contributed by atoms with van der Waals surface area (Å²) in [6.45, 7) is 0. The fourth-order valence-corrected chi connectivity index (χ4v) is 3.70. The first-order chi connectivity index (χ1) is 10.6. The first-order valence-electron chi connectivity index (χ1n) is 6.95. The minimum atomic E-state index is -1.17. The van der Waals surface area contributed by atoms with E-state index in [9.17, 15) is 14.7 Å². The van der Waals surface area contributed by atoms with Crippen LogP contribution < -0.4 is 5.32 Å². The number of hydrogen-bond donors (Lipinski definition) is 2. The lowest BCUT2D eigenvalue weighted by Gasteiger charge is -2.33. The standard InChI is InChI=1S/C15H15N3O3S/c19-13(18-15(14(20)21)3-7-22-8-4-15)10-1-2-11-12(9-10)17-6-5-16-11/h1-2,5-6,9H,3-4,7-8H2,(H,18,19)(H,20,21). The number of carboxylic acids is 1. The number of fused-ring (bicyclic) bond motifs is 1. The summed E-state index contributed by atoms with van der Waals surface area (Å²) in [5, 5.41) is 12.2. The molecule has 1 fully saturated rings. The fourth-order valence-electron chi connectivity index (χ4n) is 2.51. The van der Waals surface area contributed by atoms with Gasteiger partial charge >= 0.3 is 5.97 Å². The quantitative estimate of drug-likeness (QED) is 0.895. The van der Waals surface area contributed by atoms with E-state index in [0.29, 0.717) is 29.4 Å². The Kier molecular flexibility index (Phi) is 3.98. The molecule has 1 amide bonds. The molecule has 1 aromatic heterocycles. The maximum Gasteiger partial charge on any atom is 0.329 e. The van der Waals surface area contributed by atoms with Crippen molar-refractivity contribution >= 4 is 34.7 Å².